The Hall–Kier alpha value is -3.20. The van der Waals surface area contributed by atoms with E-state index in [4.69, 9.17) is 9.47 Å². The molecule has 1 N–H and O–H groups in total. The normalized spacial score (nSPS) is 10.5. The molecule has 156 valence electrons. The minimum absolute atomic E-state index is 0.505. The van der Waals surface area contributed by atoms with Crippen LogP contribution in [0.2, 0.25) is 0 Å². The Balaban J connectivity index is 1.85. The molecule has 0 aliphatic carbocycles. The van der Waals surface area contributed by atoms with E-state index in [1.807, 2.05) is 31.2 Å². The van der Waals surface area contributed by atoms with E-state index < -0.39 is 0 Å². The van der Waals surface area contributed by atoms with Gasteiger partial charge in [-0.05, 0) is 67.6 Å². The topological polar surface area (TPSA) is 30.5 Å². The van der Waals surface area contributed by atoms with E-state index in [0.29, 0.717) is 19.8 Å². The highest BCUT2D eigenvalue weighted by Gasteiger charge is 2.14. The number of ether oxygens (including phenoxy) is 2. The Morgan fingerprint density at radius 1 is 0.933 bits per heavy atom. The third-order valence-electron chi connectivity index (χ3n) is 4.96. The van der Waals surface area contributed by atoms with Crippen molar-refractivity contribution < 1.29 is 9.47 Å². The van der Waals surface area contributed by atoms with Crippen LogP contribution in [-0.2, 0) is 19.6 Å². The van der Waals surface area contributed by atoms with Gasteiger partial charge in [0.1, 0.15) is 6.61 Å². The van der Waals surface area contributed by atoms with Crippen LogP contribution in [0, 0.1) is 13.8 Å². The smallest absolute Gasteiger partial charge is 0.165 e. The molecule has 0 spiro atoms. The summed E-state index contributed by atoms with van der Waals surface area (Å²) in [4.78, 5) is 0. The molecule has 0 unspecified atom stereocenters. The molecule has 0 fully saturated rings. The molecular weight excluding hydrogens is 370 g/mol. The summed E-state index contributed by atoms with van der Waals surface area (Å²) < 4.78 is 12.2. The molecule has 0 heterocycles. The summed E-state index contributed by atoms with van der Waals surface area (Å²) >= 11 is 0. The maximum Gasteiger partial charge on any atom is 0.165 e. The summed E-state index contributed by atoms with van der Waals surface area (Å²) in [7, 11) is 0. The van der Waals surface area contributed by atoms with Crippen LogP contribution >= 0.6 is 0 Å². The first-order valence-electron chi connectivity index (χ1n) is 10.5. The number of rotatable bonds is 10. The molecule has 0 bridgehead atoms. The molecule has 0 atom stereocenters. The van der Waals surface area contributed by atoms with Gasteiger partial charge in [-0.3, -0.25) is 0 Å². The molecule has 0 aromatic heterocycles. The summed E-state index contributed by atoms with van der Waals surface area (Å²) in [5, 5.41) is 3.56. The monoisotopic (exact) mass is 401 g/mol. The molecule has 3 aromatic carbocycles. The molecule has 30 heavy (non-hydrogen) atoms. The van der Waals surface area contributed by atoms with Crippen LogP contribution in [0.4, 0.5) is 5.69 Å². The first-order chi connectivity index (χ1) is 14.6. The Bertz CT molecular complexity index is 980. The predicted molar refractivity (Wildman–Crippen MR) is 126 cm³/mol. The Morgan fingerprint density at radius 2 is 1.73 bits per heavy atom. The number of benzene rings is 3. The standard InChI is InChI=1S/C27H31NO2/c1-5-10-24-16-23(18-28-25-15-20(3)13-14-21(25)4)17-26(29-6-2)27(24)30-19-22-11-8-7-9-12-22/h5,7-9,11-17,28H,1,6,10,18-19H2,2-4H3. The fourth-order valence-electron chi connectivity index (χ4n) is 3.41. The molecule has 3 aromatic rings. The molecule has 0 saturated carbocycles. The molecule has 0 radical (unpaired) electrons. The van der Waals surface area contributed by atoms with Gasteiger partial charge in [0, 0.05) is 17.8 Å². The SMILES string of the molecule is C=CCc1cc(CNc2cc(C)ccc2C)cc(OCC)c1OCc1ccccc1. The van der Waals surface area contributed by atoms with Crippen molar-refractivity contribution >= 4 is 5.69 Å². The third-order valence-corrected chi connectivity index (χ3v) is 4.96. The van der Waals surface area contributed by atoms with Gasteiger partial charge in [0.2, 0.25) is 0 Å². The van der Waals surface area contributed by atoms with Crippen molar-refractivity contribution in [3.05, 3.63) is 101 Å². The average Bonchev–Trinajstić information content (AvgIpc) is 2.75. The minimum atomic E-state index is 0.505. The number of nitrogens with one attached hydrogen (secondary N) is 1. The maximum absolute atomic E-state index is 6.22. The van der Waals surface area contributed by atoms with Gasteiger partial charge in [0.05, 0.1) is 6.61 Å². The zero-order valence-corrected chi connectivity index (χ0v) is 18.2. The van der Waals surface area contributed by atoms with Crippen LogP contribution in [0.5, 0.6) is 11.5 Å². The van der Waals surface area contributed by atoms with Gasteiger partial charge in [-0.15, -0.1) is 6.58 Å². The number of hydrogen-bond acceptors (Lipinski definition) is 3. The Kier molecular flexibility index (Phi) is 7.56. The molecule has 0 aliphatic heterocycles. The predicted octanol–water partition coefficient (Wildman–Crippen LogP) is 6.62. The highest BCUT2D eigenvalue weighted by atomic mass is 16.5. The van der Waals surface area contributed by atoms with E-state index in [1.165, 1.54) is 11.1 Å². The number of hydrogen-bond donors (Lipinski definition) is 1. The molecule has 0 amide bonds. The fourth-order valence-corrected chi connectivity index (χ4v) is 3.41. The van der Waals surface area contributed by atoms with Gasteiger partial charge in [-0.2, -0.15) is 0 Å². The van der Waals surface area contributed by atoms with Gasteiger partial charge in [0.15, 0.2) is 11.5 Å². The van der Waals surface area contributed by atoms with E-state index >= 15 is 0 Å². The average molecular weight is 402 g/mol. The van der Waals surface area contributed by atoms with E-state index in [2.05, 4.69) is 68.2 Å². The molecule has 3 rings (SSSR count). The van der Waals surface area contributed by atoms with Crippen molar-refractivity contribution in [2.24, 2.45) is 0 Å². The molecule has 3 nitrogen and oxygen atoms in total. The highest BCUT2D eigenvalue weighted by Crippen LogP contribution is 2.35. The van der Waals surface area contributed by atoms with Gasteiger partial charge >= 0.3 is 0 Å². The Morgan fingerprint density at radius 3 is 2.47 bits per heavy atom. The van der Waals surface area contributed by atoms with Crippen molar-refractivity contribution in [1.29, 1.82) is 0 Å². The van der Waals surface area contributed by atoms with Crippen molar-refractivity contribution in [3.63, 3.8) is 0 Å². The van der Waals surface area contributed by atoms with Gasteiger partial charge in [0.25, 0.3) is 0 Å². The highest BCUT2D eigenvalue weighted by molar-refractivity contribution is 5.55. The largest absolute Gasteiger partial charge is 0.490 e. The van der Waals surface area contributed by atoms with Crippen molar-refractivity contribution in [3.8, 4) is 11.5 Å². The second kappa shape index (κ2) is 10.5. The van der Waals surface area contributed by atoms with Crippen molar-refractivity contribution in [2.45, 2.75) is 40.3 Å². The van der Waals surface area contributed by atoms with E-state index in [9.17, 15) is 0 Å². The van der Waals surface area contributed by atoms with E-state index in [-0.39, 0.29) is 0 Å². The lowest BCUT2D eigenvalue weighted by Gasteiger charge is -2.18. The summed E-state index contributed by atoms with van der Waals surface area (Å²) in [6.45, 7) is 12.0. The van der Waals surface area contributed by atoms with Crippen LogP contribution in [-0.4, -0.2) is 6.61 Å². The minimum Gasteiger partial charge on any atom is -0.490 e. The van der Waals surface area contributed by atoms with Crippen molar-refractivity contribution in [1.82, 2.24) is 0 Å². The van der Waals surface area contributed by atoms with Gasteiger partial charge < -0.3 is 14.8 Å². The second-order valence-corrected chi connectivity index (χ2v) is 7.45. The number of allylic oxidation sites excluding steroid dienone is 1. The number of anilines is 1. The zero-order chi connectivity index (χ0) is 21.3. The third kappa shape index (κ3) is 5.66. The van der Waals surface area contributed by atoms with Crippen LogP contribution in [0.15, 0.2) is 73.3 Å². The fraction of sp³-hybridized carbons (Fsp3) is 0.259. The van der Waals surface area contributed by atoms with Crippen LogP contribution in [0.3, 0.4) is 0 Å². The molecule has 3 heteroatoms. The molecule has 0 aliphatic rings. The van der Waals surface area contributed by atoms with Crippen LogP contribution < -0.4 is 14.8 Å². The number of aryl methyl sites for hydroxylation is 2. The maximum atomic E-state index is 6.22. The summed E-state index contributed by atoms with van der Waals surface area (Å²) in [6.07, 6.45) is 2.63. The van der Waals surface area contributed by atoms with E-state index in [1.54, 1.807) is 0 Å². The molecular formula is C27H31NO2. The van der Waals surface area contributed by atoms with E-state index in [0.717, 1.165) is 40.3 Å². The lowest BCUT2D eigenvalue weighted by molar-refractivity contribution is 0.267. The van der Waals surface area contributed by atoms with Crippen LogP contribution in [0.25, 0.3) is 0 Å². The first-order valence-corrected chi connectivity index (χ1v) is 10.5. The quantitative estimate of drug-likeness (QED) is 0.387. The summed E-state index contributed by atoms with van der Waals surface area (Å²) in [5.41, 5.74) is 7.01. The zero-order valence-electron chi connectivity index (χ0n) is 18.2. The summed E-state index contributed by atoms with van der Waals surface area (Å²) in [5.74, 6) is 1.58. The molecule has 0 saturated heterocycles. The van der Waals surface area contributed by atoms with Gasteiger partial charge in [-0.25, -0.2) is 0 Å². The Labute approximate surface area is 180 Å². The second-order valence-electron chi connectivity index (χ2n) is 7.45. The lowest BCUT2D eigenvalue weighted by Crippen LogP contribution is -2.06. The van der Waals surface area contributed by atoms with Crippen molar-refractivity contribution in [2.75, 3.05) is 11.9 Å². The summed E-state index contributed by atoms with van der Waals surface area (Å²) in [6, 6.07) is 20.9. The van der Waals surface area contributed by atoms with Crippen LogP contribution in [0.1, 0.15) is 34.7 Å². The lowest BCUT2D eigenvalue weighted by atomic mass is 10.0. The van der Waals surface area contributed by atoms with Gasteiger partial charge in [-0.1, -0.05) is 48.5 Å². The first kappa shape index (κ1) is 21.5.